The van der Waals surface area contributed by atoms with E-state index in [0.717, 1.165) is 23.0 Å². The van der Waals surface area contributed by atoms with Gasteiger partial charge in [0.25, 0.3) is 0 Å². The van der Waals surface area contributed by atoms with Gasteiger partial charge >= 0.3 is 0 Å². The van der Waals surface area contributed by atoms with Crippen LogP contribution >= 0.6 is 0 Å². The Morgan fingerprint density at radius 2 is 1.52 bits per heavy atom. The highest BCUT2D eigenvalue weighted by atomic mass is 15.1. The molecule has 4 nitrogen and oxygen atoms in total. The van der Waals surface area contributed by atoms with Gasteiger partial charge in [0.2, 0.25) is 0 Å². The lowest BCUT2D eigenvalue weighted by atomic mass is 9.95. The third kappa shape index (κ3) is 4.08. The van der Waals surface area contributed by atoms with Crippen LogP contribution in [0.15, 0.2) is 0 Å². The summed E-state index contributed by atoms with van der Waals surface area (Å²) in [6.07, 6.45) is 7.90. The van der Waals surface area contributed by atoms with Crippen molar-refractivity contribution in [3.05, 3.63) is 11.4 Å². The number of hydrogen-bond donors (Lipinski definition) is 2. The molecule has 0 saturated heterocycles. The first-order chi connectivity index (χ1) is 9.91. The molecule has 0 spiro atoms. The second-order valence-electron chi connectivity index (χ2n) is 7.20. The standard InChI is InChI=1S/C17H30N4/c1-12-14(18-5)20-16(17(2,3)4)21-15(12)19-13-10-8-6-7-9-11-13/h13H,6-11H2,1-5H3,(H2,18,19,20,21). The van der Waals surface area contributed by atoms with E-state index in [0.29, 0.717) is 6.04 Å². The van der Waals surface area contributed by atoms with Gasteiger partial charge in [-0.1, -0.05) is 46.5 Å². The third-order valence-electron chi connectivity index (χ3n) is 4.25. The summed E-state index contributed by atoms with van der Waals surface area (Å²) in [7, 11) is 1.93. The van der Waals surface area contributed by atoms with Crippen molar-refractivity contribution in [1.29, 1.82) is 0 Å². The largest absolute Gasteiger partial charge is 0.373 e. The lowest BCUT2D eigenvalue weighted by Gasteiger charge is -2.23. The van der Waals surface area contributed by atoms with Crippen molar-refractivity contribution < 1.29 is 0 Å². The van der Waals surface area contributed by atoms with Crippen molar-refractivity contribution in [3.63, 3.8) is 0 Å². The second-order valence-corrected chi connectivity index (χ2v) is 7.20. The molecule has 1 aromatic rings. The van der Waals surface area contributed by atoms with Crippen molar-refractivity contribution in [2.24, 2.45) is 0 Å². The zero-order valence-corrected chi connectivity index (χ0v) is 14.2. The van der Waals surface area contributed by atoms with E-state index < -0.39 is 0 Å². The Morgan fingerprint density at radius 3 is 2.05 bits per heavy atom. The molecule has 1 fully saturated rings. The average molecular weight is 290 g/mol. The predicted molar refractivity (Wildman–Crippen MR) is 90.1 cm³/mol. The van der Waals surface area contributed by atoms with E-state index in [4.69, 9.17) is 4.98 Å². The van der Waals surface area contributed by atoms with Gasteiger partial charge < -0.3 is 10.6 Å². The van der Waals surface area contributed by atoms with E-state index in [-0.39, 0.29) is 5.41 Å². The molecule has 0 unspecified atom stereocenters. The second kappa shape index (κ2) is 6.63. The number of anilines is 2. The van der Waals surface area contributed by atoms with E-state index in [1.54, 1.807) is 0 Å². The van der Waals surface area contributed by atoms with Crippen molar-refractivity contribution in [2.45, 2.75) is 77.7 Å². The summed E-state index contributed by atoms with van der Waals surface area (Å²) in [6.45, 7) is 8.57. The summed E-state index contributed by atoms with van der Waals surface area (Å²) in [4.78, 5) is 9.49. The van der Waals surface area contributed by atoms with Crippen LogP contribution in [0.3, 0.4) is 0 Å². The number of aromatic nitrogens is 2. The number of rotatable bonds is 3. The van der Waals surface area contributed by atoms with E-state index >= 15 is 0 Å². The summed E-state index contributed by atoms with van der Waals surface area (Å²) in [5.41, 5.74) is 1.08. The van der Waals surface area contributed by atoms with Crippen LogP contribution in [0.5, 0.6) is 0 Å². The Kier molecular flexibility index (Phi) is 5.07. The van der Waals surface area contributed by atoms with Crippen molar-refractivity contribution >= 4 is 11.6 Å². The summed E-state index contributed by atoms with van der Waals surface area (Å²) in [5, 5.41) is 6.89. The van der Waals surface area contributed by atoms with Gasteiger partial charge in [-0.3, -0.25) is 0 Å². The Hall–Kier alpha value is -1.32. The fourth-order valence-electron chi connectivity index (χ4n) is 2.85. The Morgan fingerprint density at radius 1 is 0.952 bits per heavy atom. The van der Waals surface area contributed by atoms with Gasteiger partial charge in [0.05, 0.1) is 0 Å². The first-order valence-corrected chi connectivity index (χ1v) is 8.25. The SMILES string of the molecule is CNc1nc(C(C)(C)C)nc(NC2CCCCCC2)c1C. The normalized spacial score (nSPS) is 17.4. The molecule has 2 rings (SSSR count). The highest BCUT2D eigenvalue weighted by molar-refractivity contribution is 5.57. The Labute approximate surface area is 129 Å². The minimum atomic E-state index is -0.0425. The van der Waals surface area contributed by atoms with Crippen LogP contribution in [0.1, 0.15) is 70.7 Å². The monoisotopic (exact) mass is 290 g/mol. The molecule has 0 atom stereocenters. The van der Waals surface area contributed by atoms with Crippen LogP contribution in [0, 0.1) is 6.92 Å². The van der Waals surface area contributed by atoms with E-state index in [2.05, 4.69) is 43.3 Å². The maximum absolute atomic E-state index is 4.81. The van der Waals surface area contributed by atoms with Crippen molar-refractivity contribution in [3.8, 4) is 0 Å². The summed E-state index contributed by atoms with van der Waals surface area (Å²) < 4.78 is 0. The van der Waals surface area contributed by atoms with Crippen LogP contribution < -0.4 is 10.6 Å². The van der Waals surface area contributed by atoms with Gasteiger partial charge in [-0.25, -0.2) is 9.97 Å². The fourth-order valence-corrected chi connectivity index (χ4v) is 2.85. The van der Waals surface area contributed by atoms with Crippen molar-refractivity contribution in [2.75, 3.05) is 17.7 Å². The topological polar surface area (TPSA) is 49.8 Å². The molecule has 1 saturated carbocycles. The third-order valence-corrected chi connectivity index (χ3v) is 4.25. The van der Waals surface area contributed by atoms with Gasteiger partial charge in [-0.05, 0) is 19.8 Å². The molecule has 0 aromatic carbocycles. The van der Waals surface area contributed by atoms with Gasteiger partial charge in [0.15, 0.2) is 0 Å². The Balaban J connectivity index is 2.28. The molecule has 2 N–H and O–H groups in total. The molecule has 0 aliphatic heterocycles. The molecule has 1 aliphatic carbocycles. The van der Waals surface area contributed by atoms with Crippen LogP contribution in [-0.2, 0) is 5.41 Å². The quantitative estimate of drug-likeness (QED) is 0.817. The summed E-state index contributed by atoms with van der Waals surface area (Å²) in [5.74, 6) is 2.84. The van der Waals surface area contributed by atoms with Crippen molar-refractivity contribution in [1.82, 2.24) is 9.97 Å². The van der Waals surface area contributed by atoms with Crippen LogP contribution in [-0.4, -0.2) is 23.1 Å². The Bertz CT molecular complexity index is 468. The first kappa shape index (κ1) is 16.1. The highest BCUT2D eigenvalue weighted by Gasteiger charge is 2.22. The lowest BCUT2D eigenvalue weighted by molar-refractivity contribution is 0.544. The molecule has 1 aromatic heterocycles. The molecule has 1 heterocycles. The minimum absolute atomic E-state index is 0.0425. The van der Waals surface area contributed by atoms with Crippen LogP contribution in [0.4, 0.5) is 11.6 Å². The smallest absolute Gasteiger partial charge is 0.138 e. The van der Waals surface area contributed by atoms with E-state index in [1.807, 2.05) is 7.05 Å². The molecule has 1 aliphatic rings. The van der Waals surface area contributed by atoms with Crippen LogP contribution in [0.25, 0.3) is 0 Å². The van der Waals surface area contributed by atoms with E-state index in [9.17, 15) is 0 Å². The van der Waals surface area contributed by atoms with Gasteiger partial charge in [-0.15, -0.1) is 0 Å². The molecule has 0 radical (unpaired) electrons. The molecular formula is C17H30N4. The number of nitrogens with one attached hydrogen (secondary N) is 2. The van der Waals surface area contributed by atoms with Gasteiger partial charge in [-0.2, -0.15) is 0 Å². The number of nitrogens with zero attached hydrogens (tertiary/aromatic N) is 2. The molecule has 4 heteroatoms. The predicted octanol–water partition coefficient (Wildman–Crippen LogP) is 4.26. The average Bonchev–Trinajstić information content (AvgIpc) is 2.68. The first-order valence-electron chi connectivity index (χ1n) is 8.25. The fraction of sp³-hybridized carbons (Fsp3) is 0.765. The maximum Gasteiger partial charge on any atom is 0.138 e. The van der Waals surface area contributed by atoms with E-state index in [1.165, 1.54) is 38.5 Å². The highest BCUT2D eigenvalue weighted by Crippen LogP contribution is 2.28. The lowest BCUT2D eigenvalue weighted by Crippen LogP contribution is -2.23. The molecule has 21 heavy (non-hydrogen) atoms. The van der Waals surface area contributed by atoms with Gasteiger partial charge in [0, 0.05) is 24.1 Å². The molecular weight excluding hydrogens is 260 g/mol. The molecule has 0 amide bonds. The number of hydrogen-bond acceptors (Lipinski definition) is 4. The summed E-state index contributed by atoms with van der Waals surface area (Å²) >= 11 is 0. The van der Waals surface area contributed by atoms with Crippen LogP contribution in [0.2, 0.25) is 0 Å². The zero-order chi connectivity index (χ0) is 15.5. The summed E-state index contributed by atoms with van der Waals surface area (Å²) in [6, 6.07) is 0.554. The van der Waals surface area contributed by atoms with Gasteiger partial charge in [0.1, 0.15) is 17.5 Å². The maximum atomic E-state index is 4.81. The molecule has 0 bridgehead atoms. The zero-order valence-electron chi connectivity index (χ0n) is 14.2. The molecule has 118 valence electrons. The minimum Gasteiger partial charge on any atom is -0.373 e.